The first kappa shape index (κ1) is 18.8. The fraction of sp³-hybridized carbons (Fsp3) is 0.556. The van der Waals surface area contributed by atoms with Crippen LogP contribution in [0.5, 0.6) is 0 Å². The maximum Gasteiger partial charge on any atom is 0.243 e. The highest BCUT2D eigenvalue weighted by Crippen LogP contribution is 2.24. The summed E-state index contributed by atoms with van der Waals surface area (Å²) in [6.45, 7) is 7.05. The summed E-state index contributed by atoms with van der Waals surface area (Å²) in [5.41, 5.74) is 1.48. The van der Waals surface area contributed by atoms with E-state index in [2.05, 4.69) is 4.98 Å². The third-order valence-electron chi connectivity index (χ3n) is 4.98. The molecular formula is C18H26N4O3S. The van der Waals surface area contributed by atoms with E-state index < -0.39 is 10.0 Å². The van der Waals surface area contributed by atoms with Gasteiger partial charge in [-0.3, -0.25) is 4.79 Å². The van der Waals surface area contributed by atoms with Gasteiger partial charge >= 0.3 is 0 Å². The lowest BCUT2D eigenvalue weighted by atomic mass is 10.3. The molecule has 0 unspecified atom stereocenters. The molecule has 142 valence electrons. The molecule has 0 radical (unpaired) electrons. The number of hydrogen-bond donors (Lipinski definition) is 0. The number of hydrogen-bond acceptors (Lipinski definition) is 4. The largest absolute Gasteiger partial charge is 0.343 e. The SMILES string of the molecule is CCN(CC)C(=O)CCn1cnc2cc(S(=O)(=O)N3CCCC3)ccc21. The topological polar surface area (TPSA) is 75.5 Å². The highest BCUT2D eigenvalue weighted by Gasteiger charge is 2.27. The van der Waals surface area contributed by atoms with Crippen LogP contribution in [0.1, 0.15) is 33.1 Å². The summed E-state index contributed by atoms with van der Waals surface area (Å²) in [6, 6.07) is 5.05. The zero-order valence-electron chi connectivity index (χ0n) is 15.4. The second-order valence-electron chi connectivity index (χ2n) is 6.52. The molecule has 3 rings (SSSR count). The zero-order valence-corrected chi connectivity index (χ0v) is 16.2. The van der Waals surface area contributed by atoms with Crippen molar-refractivity contribution in [2.45, 2.75) is 44.6 Å². The molecule has 2 aromatic rings. The maximum atomic E-state index is 12.7. The van der Waals surface area contributed by atoms with Crippen LogP contribution in [0.15, 0.2) is 29.4 Å². The summed E-state index contributed by atoms with van der Waals surface area (Å²) < 4.78 is 28.8. The third kappa shape index (κ3) is 3.61. The van der Waals surface area contributed by atoms with Crippen molar-refractivity contribution in [3.63, 3.8) is 0 Å². The van der Waals surface area contributed by atoms with Crippen LogP contribution in [-0.2, 0) is 21.4 Å². The lowest BCUT2D eigenvalue weighted by Crippen LogP contribution is -2.31. The molecule has 0 bridgehead atoms. The first-order chi connectivity index (χ1) is 12.5. The van der Waals surface area contributed by atoms with Crippen LogP contribution in [0.25, 0.3) is 11.0 Å². The molecule has 0 aliphatic carbocycles. The van der Waals surface area contributed by atoms with Crippen LogP contribution in [0.4, 0.5) is 0 Å². The van der Waals surface area contributed by atoms with E-state index in [0.717, 1.165) is 18.4 Å². The molecule has 0 saturated carbocycles. The van der Waals surface area contributed by atoms with E-state index >= 15 is 0 Å². The number of carbonyl (C=O) groups excluding carboxylic acids is 1. The minimum Gasteiger partial charge on any atom is -0.343 e. The number of benzene rings is 1. The Bertz CT molecular complexity index is 881. The van der Waals surface area contributed by atoms with Gasteiger partial charge in [0.25, 0.3) is 0 Å². The summed E-state index contributed by atoms with van der Waals surface area (Å²) in [5.74, 6) is 0.116. The molecule has 1 aromatic carbocycles. The van der Waals surface area contributed by atoms with Crippen molar-refractivity contribution in [2.24, 2.45) is 0 Å². The first-order valence-corrected chi connectivity index (χ1v) is 10.6. The smallest absolute Gasteiger partial charge is 0.243 e. The Balaban J connectivity index is 1.78. The van der Waals surface area contributed by atoms with Gasteiger partial charge in [-0.2, -0.15) is 4.31 Å². The number of imidazole rings is 1. The second kappa shape index (κ2) is 7.75. The highest BCUT2D eigenvalue weighted by molar-refractivity contribution is 7.89. The summed E-state index contributed by atoms with van der Waals surface area (Å²) in [4.78, 5) is 18.6. The summed E-state index contributed by atoms with van der Waals surface area (Å²) in [5, 5.41) is 0. The third-order valence-corrected chi connectivity index (χ3v) is 6.87. The van der Waals surface area contributed by atoms with E-state index in [4.69, 9.17) is 0 Å². The van der Waals surface area contributed by atoms with Crippen LogP contribution < -0.4 is 0 Å². The van der Waals surface area contributed by atoms with E-state index in [1.807, 2.05) is 18.4 Å². The van der Waals surface area contributed by atoms with Gasteiger partial charge in [0.1, 0.15) is 0 Å². The molecule has 0 spiro atoms. The van der Waals surface area contributed by atoms with Gasteiger partial charge in [-0.05, 0) is 44.9 Å². The Hall–Kier alpha value is -1.93. The van der Waals surface area contributed by atoms with Crippen molar-refractivity contribution < 1.29 is 13.2 Å². The quantitative estimate of drug-likeness (QED) is 0.739. The van der Waals surface area contributed by atoms with Crippen molar-refractivity contribution in [1.29, 1.82) is 0 Å². The number of aryl methyl sites for hydroxylation is 1. The number of carbonyl (C=O) groups is 1. The fourth-order valence-electron chi connectivity index (χ4n) is 3.41. The van der Waals surface area contributed by atoms with Crippen LogP contribution in [0, 0.1) is 0 Å². The predicted octanol–water partition coefficient (Wildman–Crippen LogP) is 2.08. The Labute approximate surface area is 154 Å². The van der Waals surface area contributed by atoms with Crippen LogP contribution in [0.2, 0.25) is 0 Å². The van der Waals surface area contributed by atoms with E-state index in [-0.39, 0.29) is 10.8 Å². The summed E-state index contributed by atoms with van der Waals surface area (Å²) >= 11 is 0. The predicted molar refractivity (Wildman–Crippen MR) is 100 cm³/mol. The molecule has 0 N–H and O–H groups in total. The zero-order chi connectivity index (χ0) is 18.7. The first-order valence-electron chi connectivity index (χ1n) is 9.20. The molecule has 1 amide bonds. The lowest BCUT2D eigenvalue weighted by Gasteiger charge is -2.18. The Kier molecular flexibility index (Phi) is 5.62. The van der Waals surface area contributed by atoms with Crippen molar-refractivity contribution in [2.75, 3.05) is 26.2 Å². The molecule has 26 heavy (non-hydrogen) atoms. The molecular weight excluding hydrogens is 352 g/mol. The molecule has 1 fully saturated rings. The standard InChI is InChI=1S/C18H26N4O3S/c1-3-20(4-2)18(23)9-12-21-14-19-16-13-15(7-8-17(16)21)26(24,25)22-10-5-6-11-22/h7-8,13-14H,3-6,9-12H2,1-2H3. The van der Waals surface area contributed by atoms with Gasteiger partial charge in [-0.25, -0.2) is 13.4 Å². The monoisotopic (exact) mass is 378 g/mol. The Morgan fingerprint density at radius 2 is 1.88 bits per heavy atom. The number of fused-ring (bicyclic) bond motifs is 1. The van der Waals surface area contributed by atoms with Gasteiger partial charge < -0.3 is 9.47 Å². The fourth-order valence-corrected chi connectivity index (χ4v) is 4.95. The van der Waals surface area contributed by atoms with Crippen molar-refractivity contribution in [3.05, 3.63) is 24.5 Å². The van der Waals surface area contributed by atoms with Gasteiger partial charge in [0.2, 0.25) is 15.9 Å². The Morgan fingerprint density at radius 1 is 1.19 bits per heavy atom. The second-order valence-corrected chi connectivity index (χ2v) is 8.45. The van der Waals surface area contributed by atoms with Gasteiger partial charge in [0.05, 0.1) is 22.3 Å². The van der Waals surface area contributed by atoms with E-state index in [0.29, 0.717) is 44.7 Å². The van der Waals surface area contributed by atoms with Crippen LogP contribution in [-0.4, -0.2) is 59.3 Å². The molecule has 1 saturated heterocycles. The molecule has 1 aliphatic rings. The lowest BCUT2D eigenvalue weighted by molar-refractivity contribution is -0.131. The number of sulfonamides is 1. The van der Waals surface area contributed by atoms with Crippen LogP contribution in [0.3, 0.4) is 0 Å². The average molecular weight is 378 g/mol. The van der Waals surface area contributed by atoms with Gasteiger partial charge in [0, 0.05) is 39.1 Å². The number of rotatable bonds is 7. The minimum atomic E-state index is -3.44. The number of aromatic nitrogens is 2. The Morgan fingerprint density at radius 3 is 2.54 bits per heavy atom. The summed E-state index contributed by atoms with van der Waals surface area (Å²) in [6.07, 6.45) is 3.90. The van der Waals surface area contributed by atoms with E-state index in [9.17, 15) is 13.2 Å². The van der Waals surface area contributed by atoms with E-state index in [1.54, 1.807) is 29.4 Å². The average Bonchev–Trinajstić information content (AvgIpc) is 3.31. The number of nitrogens with zero attached hydrogens (tertiary/aromatic N) is 4. The van der Waals surface area contributed by atoms with Crippen molar-refractivity contribution in [3.8, 4) is 0 Å². The molecule has 8 heteroatoms. The van der Waals surface area contributed by atoms with Gasteiger partial charge in [-0.1, -0.05) is 0 Å². The van der Waals surface area contributed by atoms with Gasteiger partial charge in [-0.15, -0.1) is 0 Å². The van der Waals surface area contributed by atoms with Crippen molar-refractivity contribution >= 4 is 27.0 Å². The minimum absolute atomic E-state index is 0.116. The molecule has 7 nitrogen and oxygen atoms in total. The van der Waals surface area contributed by atoms with E-state index in [1.165, 1.54) is 4.31 Å². The number of amides is 1. The highest BCUT2D eigenvalue weighted by atomic mass is 32.2. The van der Waals surface area contributed by atoms with Crippen LogP contribution >= 0.6 is 0 Å². The molecule has 2 heterocycles. The normalized spacial score (nSPS) is 15.6. The summed E-state index contributed by atoms with van der Waals surface area (Å²) in [7, 11) is -3.44. The molecule has 0 atom stereocenters. The molecule has 1 aromatic heterocycles. The maximum absolute atomic E-state index is 12.7. The van der Waals surface area contributed by atoms with Crippen molar-refractivity contribution in [1.82, 2.24) is 18.8 Å². The van der Waals surface area contributed by atoms with Gasteiger partial charge in [0.15, 0.2) is 0 Å². The molecule has 1 aliphatic heterocycles.